The van der Waals surface area contributed by atoms with E-state index in [4.69, 9.17) is 31.4 Å². The van der Waals surface area contributed by atoms with Gasteiger partial charge in [0, 0.05) is 24.3 Å². The molecule has 1 fully saturated rings. The van der Waals surface area contributed by atoms with Crippen molar-refractivity contribution >= 4 is 11.8 Å². The fraction of sp³-hybridized carbons (Fsp3) is 0.619. The number of carbonyl (C=O) groups is 1. The zero-order chi connectivity index (χ0) is 21.9. The topological polar surface area (TPSA) is 153 Å². The highest BCUT2D eigenvalue weighted by Gasteiger charge is 2.46. The highest BCUT2D eigenvalue weighted by atomic mass is 16.7. The van der Waals surface area contributed by atoms with Crippen LogP contribution in [0.15, 0.2) is 18.2 Å². The van der Waals surface area contributed by atoms with Crippen LogP contribution in [0, 0.1) is 5.41 Å². The van der Waals surface area contributed by atoms with E-state index in [1.54, 1.807) is 19.2 Å². The summed E-state index contributed by atoms with van der Waals surface area (Å²) in [4.78, 5) is 16.3. The molecular weight excluding hydrogens is 388 g/mol. The third-order valence-electron chi connectivity index (χ3n) is 6.34. The second-order valence-electron chi connectivity index (χ2n) is 8.59. The van der Waals surface area contributed by atoms with E-state index in [-0.39, 0.29) is 11.6 Å². The Hall–Kier alpha value is -2.20. The molecule has 166 valence electrons. The summed E-state index contributed by atoms with van der Waals surface area (Å²) in [6, 6.07) is 5.71. The Morgan fingerprint density at radius 2 is 2.10 bits per heavy atom. The number of rotatable bonds is 7. The first-order valence-electron chi connectivity index (χ1n) is 10.2. The minimum Gasteiger partial charge on any atom is -0.486 e. The van der Waals surface area contributed by atoms with Crippen molar-refractivity contribution in [1.82, 2.24) is 5.32 Å². The summed E-state index contributed by atoms with van der Waals surface area (Å²) in [6.07, 6.45) is 3.88. The molecule has 1 aromatic rings. The van der Waals surface area contributed by atoms with Crippen molar-refractivity contribution in [3.8, 4) is 5.75 Å². The average Bonchev–Trinajstić information content (AvgIpc) is 2.74. The second-order valence-corrected chi connectivity index (χ2v) is 8.59. The van der Waals surface area contributed by atoms with Gasteiger partial charge in [-0.2, -0.15) is 0 Å². The van der Waals surface area contributed by atoms with Gasteiger partial charge in [-0.25, -0.2) is 10.7 Å². The molecule has 7 N–H and O–H groups in total. The number of benzene rings is 1. The number of nitrogens with one attached hydrogen (secondary N) is 2. The largest absolute Gasteiger partial charge is 0.486 e. The summed E-state index contributed by atoms with van der Waals surface area (Å²) in [7, 11) is 1.67. The van der Waals surface area contributed by atoms with Crippen molar-refractivity contribution in [2.45, 2.75) is 68.7 Å². The highest BCUT2D eigenvalue weighted by Crippen LogP contribution is 2.34. The lowest BCUT2D eigenvalue weighted by molar-refractivity contribution is -0.179. The zero-order valence-corrected chi connectivity index (χ0v) is 17.6. The van der Waals surface area contributed by atoms with Gasteiger partial charge in [-0.1, -0.05) is 0 Å². The number of nitrogens with two attached hydrogens (primary N) is 2. The van der Waals surface area contributed by atoms with Gasteiger partial charge in [0.1, 0.15) is 17.7 Å². The van der Waals surface area contributed by atoms with Gasteiger partial charge >= 0.3 is 5.97 Å². The maximum Gasteiger partial charge on any atom is 0.341 e. The Morgan fingerprint density at radius 3 is 2.70 bits per heavy atom. The number of amidine groups is 1. The van der Waals surface area contributed by atoms with Crippen molar-refractivity contribution in [2.75, 3.05) is 13.7 Å². The zero-order valence-electron chi connectivity index (χ0n) is 17.6. The molecule has 0 aromatic heterocycles. The van der Waals surface area contributed by atoms with Crippen LogP contribution in [-0.4, -0.2) is 53.9 Å². The number of aryl methyl sites for hydroxylation is 1. The number of methoxy groups -OCH3 is 1. The van der Waals surface area contributed by atoms with Gasteiger partial charge in [-0.15, -0.1) is 0 Å². The van der Waals surface area contributed by atoms with Gasteiger partial charge in [0.15, 0.2) is 0 Å². The van der Waals surface area contributed by atoms with Crippen molar-refractivity contribution in [1.29, 1.82) is 5.41 Å². The summed E-state index contributed by atoms with van der Waals surface area (Å²) < 4.78 is 11.1. The van der Waals surface area contributed by atoms with Gasteiger partial charge in [0.05, 0.1) is 6.61 Å². The Bertz CT molecular complexity index is 794. The van der Waals surface area contributed by atoms with E-state index in [1.165, 1.54) is 6.92 Å². The van der Waals surface area contributed by atoms with Crippen LogP contribution in [0.4, 0.5) is 0 Å². The molecule has 1 heterocycles. The fourth-order valence-corrected chi connectivity index (χ4v) is 4.25. The average molecular weight is 421 g/mol. The number of carboxylic acids is 1. The van der Waals surface area contributed by atoms with Crippen LogP contribution < -0.4 is 21.7 Å². The molecule has 30 heavy (non-hydrogen) atoms. The van der Waals surface area contributed by atoms with E-state index in [2.05, 4.69) is 5.32 Å². The number of ether oxygens (including phenoxy) is 2. The standard InChI is InChI=1S/C21H32N4O5/c1-20(30-24,19(26)27)17-6-4-13-11-14(3-5-16(13)29-17)18(22)25-15-7-9-21(23,10-8-15)12-28-2/h3,5,11,15,17H,4,6-10,12,23-24H2,1-2H3,(H2,22,25)(H,26,27)/t15-,17-,20+,21+/m1/s1. The lowest BCUT2D eigenvalue weighted by Crippen LogP contribution is -2.54. The number of carboxylic acid groups (broad SMARTS) is 1. The molecule has 1 aromatic carbocycles. The predicted octanol–water partition coefficient (Wildman–Crippen LogP) is 1.32. The molecule has 2 aliphatic rings. The molecule has 0 unspecified atom stereocenters. The minimum absolute atomic E-state index is 0.209. The molecule has 9 heteroatoms. The number of hydrogen-bond acceptors (Lipinski definition) is 7. The van der Waals surface area contributed by atoms with Crippen LogP contribution in [-0.2, 0) is 20.8 Å². The van der Waals surface area contributed by atoms with E-state index in [9.17, 15) is 9.90 Å². The van der Waals surface area contributed by atoms with Crippen molar-refractivity contribution in [2.24, 2.45) is 11.6 Å². The number of fused-ring (bicyclic) bond motifs is 1. The molecule has 1 saturated carbocycles. The first-order chi connectivity index (χ1) is 14.2. The third-order valence-corrected chi connectivity index (χ3v) is 6.34. The molecule has 0 spiro atoms. The smallest absolute Gasteiger partial charge is 0.341 e. The summed E-state index contributed by atoms with van der Waals surface area (Å²) >= 11 is 0. The first-order valence-corrected chi connectivity index (χ1v) is 10.2. The van der Waals surface area contributed by atoms with E-state index < -0.39 is 17.7 Å². The van der Waals surface area contributed by atoms with Crippen LogP contribution in [0.25, 0.3) is 0 Å². The summed E-state index contributed by atoms with van der Waals surface area (Å²) in [5.74, 6) is 5.02. The molecule has 3 rings (SSSR count). The molecule has 0 saturated heterocycles. The fourth-order valence-electron chi connectivity index (χ4n) is 4.25. The Kier molecular flexibility index (Phi) is 6.66. The van der Waals surface area contributed by atoms with Crippen LogP contribution in [0.3, 0.4) is 0 Å². The maximum absolute atomic E-state index is 11.5. The molecule has 1 aliphatic heterocycles. The van der Waals surface area contributed by atoms with Crippen LogP contribution in [0.5, 0.6) is 5.75 Å². The molecule has 0 bridgehead atoms. The predicted molar refractivity (Wildman–Crippen MR) is 112 cm³/mol. The quantitative estimate of drug-likeness (QED) is 0.251. The van der Waals surface area contributed by atoms with Crippen LogP contribution in [0.2, 0.25) is 0 Å². The Morgan fingerprint density at radius 1 is 1.40 bits per heavy atom. The van der Waals surface area contributed by atoms with Crippen LogP contribution in [0.1, 0.15) is 50.2 Å². The summed E-state index contributed by atoms with van der Waals surface area (Å²) in [5, 5.41) is 21.2. The molecule has 0 amide bonds. The van der Waals surface area contributed by atoms with Gasteiger partial charge in [0.2, 0.25) is 5.60 Å². The van der Waals surface area contributed by atoms with E-state index in [0.29, 0.717) is 31.0 Å². The van der Waals surface area contributed by atoms with Crippen molar-refractivity contribution in [3.05, 3.63) is 29.3 Å². The van der Waals surface area contributed by atoms with Crippen molar-refractivity contribution in [3.63, 3.8) is 0 Å². The minimum atomic E-state index is -1.62. The number of aliphatic carboxylic acids is 1. The first kappa shape index (κ1) is 22.5. The lowest BCUT2D eigenvalue weighted by Gasteiger charge is -2.37. The van der Waals surface area contributed by atoms with E-state index in [1.807, 2.05) is 6.07 Å². The summed E-state index contributed by atoms with van der Waals surface area (Å²) in [6.45, 7) is 1.96. The molecule has 0 radical (unpaired) electrons. The molecular formula is C21H32N4O5. The monoisotopic (exact) mass is 420 g/mol. The lowest BCUT2D eigenvalue weighted by atomic mass is 9.80. The second kappa shape index (κ2) is 8.89. The van der Waals surface area contributed by atoms with Crippen LogP contribution >= 0.6 is 0 Å². The molecule has 9 nitrogen and oxygen atoms in total. The molecule has 1 aliphatic carbocycles. The van der Waals surface area contributed by atoms with Gasteiger partial charge in [0.25, 0.3) is 0 Å². The van der Waals surface area contributed by atoms with Crippen molar-refractivity contribution < 1.29 is 24.2 Å². The third kappa shape index (κ3) is 4.59. The van der Waals surface area contributed by atoms with E-state index >= 15 is 0 Å². The summed E-state index contributed by atoms with van der Waals surface area (Å²) in [5.41, 5.74) is 6.16. The van der Waals surface area contributed by atoms with Gasteiger partial charge < -0.3 is 25.6 Å². The van der Waals surface area contributed by atoms with E-state index in [0.717, 1.165) is 36.8 Å². The molecule has 2 atom stereocenters. The maximum atomic E-state index is 11.5. The normalized spacial score (nSPS) is 28.0. The Balaban J connectivity index is 1.62. The van der Waals surface area contributed by atoms with Gasteiger partial charge in [-0.3, -0.25) is 10.2 Å². The Labute approximate surface area is 176 Å². The highest BCUT2D eigenvalue weighted by molar-refractivity contribution is 5.97. The SMILES string of the molecule is COC[C@]1(N)CC[C@@H](NC(=N)c2ccc3c(c2)CC[C@H]([C@](C)(ON)C(=O)O)O3)CC1. The van der Waals surface area contributed by atoms with Gasteiger partial charge in [-0.05, 0) is 69.2 Å². The number of hydrogen-bond donors (Lipinski definition) is 5.